The van der Waals surface area contributed by atoms with Crippen LogP contribution in [0.4, 0.5) is 5.69 Å². The van der Waals surface area contributed by atoms with Gasteiger partial charge in [-0.15, -0.1) is 0 Å². The molecule has 0 aromatic heterocycles. The van der Waals surface area contributed by atoms with E-state index in [4.69, 9.17) is 19.0 Å². The lowest BCUT2D eigenvalue weighted by Crippen LogP contribution is -2.50. The molecule has 0 unspecified atom stereocenters. The monoisotopic (exact) mass is 390 g/mol. The molecule has 2 amide bonds. The number of amides is 2. The van der Waals surface area contributed by atoms with Crippen molar-refractivity contribution in [2.75, 3.05) is 11.9 Å². The molecule has 0 aliphatic carbocycles. The highest BCUT2D eigenvalue weighted by molar-refractivity contribution is 6.23. The van der Waals surface area contributed by atoms with Crippen molar-refractivity contribution in [2.45, 2.75) is 56.4 Å². The standard InChI is InChI=1S/C19H22N2O7/c1-19(2)26-15-12(22)14(25-18(15)27-19)11-10-13(28-20(11)3)17(24)21(16(10)23)9-7-5-4-6-8-9/h4-8,10-15,18,22H,1-3H3/t10-,11-,12-,13+,14+,15+,18+/m0/s1. The Kier molecular flexibility index (Phi) is 3.93. The summed E-state index contributed by atoms with van der Waals surface area (Å²) in [6.07, 6.45) is -4.16. The fourth-order valence-corrected chi connectivity index (χ4v) is 4.62. The van der Waals surface area contributed by atoms with E-state index in [1.165, 1.54) is 5.06 Å². The summed E-state index contributed by atoms with van der Waals surface area (Å²) >= 11 is 0. The number of rotatable bonds is 2. The lowest BCUT2D eigenvalue weighted by molar-refractivity contribution is -0.232. The van der Waals surface area contributed by atoms with Gasteiger partial charge in [0.2, 0.25) is 5.91 Å². The van der Waals surface area contributed by atoms with Gasteiger partial charge in [0.15, 0.2) is 18.2 Å². The number of aliphatic hydroxyl groups excluding tert-OH is 1. The Bertz CT molecular complexity index is 816. The maximum Gasteiger partial charge on any atom is 0.265 e. The van der Waals surface area contributed by atoms with Crippen LogP contribution in [-0.2, 0) is 28.6 Å². The average Bonchev–Trinajstić information content (AvgIpc) is 3.30. The minimum Gasteiger partial charge on any atom is -0.387 e. The van der Waals surface area contributed by atoms with Crippen molar-refractivity contribution in [3.8, 4) is 0 Å². The number of ether oxygens (including phenoxy) is 3. The molecule has 28 heavy (non-hydrogen) atoms. The van der Waals surface area contributed by atoms with Gasteiger partial charge < -0.3 is 19.3 Å². The summed E-state index contributed by atoms with van der Waals surface area (Å²) in [4.78, 5) is 32.9. The van der Waals surface area contributed by atoms with Crippen LogP contribution < -0.4 is 4.90 Å². The van der Waals surface area contributed by atoms with Crippen molar-refractivity contribution < 1.29 is 33.7 Å². The second kappa shape index (κ2) is 6.06. The van der Waals surface area contributed by atoms with Gasteiger partial charge in [-0.3, -0.25) is 14.4 Å². The Morgan fingerprint density at radius 2 is 1.75 bits per heavy atom. The van der Waals surface area contributed by atoms with Gasteiger partial charge in [-0.2, -0.15) is 5.06 Å². The molecule has 1 N–H and O–H groups in total. The molecule has 1 aromatic carbocycles. The van der Waals surface area contributed by atoms with E-state index >= 15 is 0 Å². The maximum absolute atomic E-state index is 13.2. The van der Waals surface area contributed by atoms with Crippen molar-refractivity contribution in [1.29, 1.82) is 0 Å². The van der Waals surface area contributed by atoms with Crippen LogP contribution in [0.25, 0.3) is 0 Å². The van der Waals surface area contributed by atoms with Crippen LogP contribution in [0.2, 0.25) is 0 Å². The highest BCUT2D eigenvalue weighted by Crippen LogP contribution is 2.45. The van der Waals surface area contributed by atoms with Gasteiger partial charge in [0.05, 0.1) is 17.6 Å². The molecular formula is C19H22N2O7. The summed E-state index contributed by atoms with van der Waals surface area (Å²) < 4.78 is 17.4. The number of carbonyl (C=O) groups excluding carboxylic acids is 2. The van der Waals surface area contributed by atoms with Gasteiger partial charge >= 0.3 is 0 Å². The quantitative estimate of drug-likeness (QED) is 0.707. The van der Waals surface area contributed by atoms with Gasteiger partial charge in [0.25, 0.3) is 5.91 Å². The van der Waals surface area contributed by atoms with Crippen LogP contribution in [-0.4, -0.2) is 71.6 Å². The molecule has 4 aliphatic rings. The Morgan fingerprint density at radius 3 is 2.43 bits per heavy atom. The fraction of sp³-hybridized carbons (Fsp3) is 0.579. The van der Waals surface area contributed by atoms with E-state index in [0.29, 0.717) is 5.69 Å². The topological polar surface area (TPSA) is 97.8 Å². The number of hydroxylamine groups is 2. The number of carbonyl (C=O) groups is 2. The zero-order valence-electron chi connectivity index (χ0n) is 15.7. The number of nitrogens with zero attached hydrogens (tertiary/aromatic N) is 2. The molecule has 0 saturated carbocycles. The first kappa shape index (κ1) is 18.2. The predicted octanol–water partition coefficient (Wildman–Crippen LogP) is 0.0275. The average molecular weight is 390 g/mol. The van der Waals surface area contributed by atoms with E-state index < -0.39 is 54.4 Å². The fourth-order valence-electron chi connectivity index (χ4n) is 4.62. The van der Waals surface area contributed by atoms with Crippen molar-refractivity contribution in [2.24, 2.45) is 5.92 Å². The Hall–Kier alpha value is -1.88. The number of hydrogen-bond donors (Lipinski definition) is 1. The predicted molar refractivity (Wildman–Crippen MR) is 93.6 cm³/mol. The second-order valence-corrected chi connectivity index (χ2v) is 8.00. The minimum atomic E-state index is -1.02. The number of imide groups is 1. The molecule has 0 radical (unpaired) electrons. The van der Waals surface area contributed by atoms with Crippen molar-refractivity contribution in [3.63, 3.8) is 0 Å². The minimum absolute atomic E-state index is 0.370. The maximum atomic E-state index is 13.2. The van der Waals surface area contributed by atoms with E-state index in [1.807, 2.05) is 6.07 Å². The summed E-state index contributed by atoms with van der Waals surface area (Å²) in [6, 6.07) is 8.08. The Labute approximate surface area is 161 Å². The molecule has 4 heterocycles. The van der Waals surface area contributed by atoms with Gasteiger partial charge in [-0.05, 0) is 26.0 Å². The second-order valence-electron chi connectivity index (χ2n) is 8.00. The number of aliphatic hydroxyl groups is 1. The Balaban J connectivity index is 1.43. The van der Waals surface area contributed by atoms with Crippen LogP contribution >= 0.6 is 0 Å². The molecule has 0 spiro atoms. The molecule has 7 atom stereocenters. The highest BCUT2D eigenvalue weighted by atomic mass is 16.8. The van der Waals surface area contributed by atoms with E-state index in [1.54, 1.807) is 45.2 Å². The van der Waals surface area contributed by atoms with Crippen molar-refractivity contribution >= 4 is 17.5 Å². The largest absolute Gasteiger partial charge is 0.387 e. The van der Waals surface area contributed by atoms with E-state index in [9.17, 15) is 14.7 Å². The van der Waals surface area contributed by atoms with Crippen LogP contribution in [0.15, 0.2) is 30.3 Å². The first-order chi connectivity index (χ1) is 13.3. The molecule has 4 fully saturated rings. The van der Waals surface area contributed by atoms with E-state index in [-0.39, 0.29) is 5.91 Å². The number of anilines is 1. The lowest BCUT2D eigenvalue weighted by atomic mass is 9.89. The molecule has 9 nitrogen and oxygen atoms in total. The smallest absolute Gasteiger partial charge is 0.265 e. The number of para-hydroxylation sites is 1. The molecule has 150 valence electrons. The number of benzene rings is 1. The van der Waals surface area contributed by atoms with Crippen LogP contribution in [0.1, 0.15) is 13.8 Å². The van der Waals surface area contributed by atoms with Crippen molar-refractivity contribution in [3.05, 3.63) is 30.3 Å². The van der Waals surface area contributed by atoms with E-state index in [0.717, 1.165) is 4.90 Å². The summed E-state index contributed by atoms with van der Waals surface area (Å²) in [6.45, 7) is 3.49. The number of hydrogen-bond acceptors (Lipinski definition) is 8. The third-order valence-corrected chi connectivity index (χ3v) is 5.77. The molecule has 9 heteroatoms. The van der Waals surface area contributed by atoms with Crippen LogP contribution in [0, 0.1) is 5.92 Å². The summed E-state index contributed by atoms with van der Waals surface area (Å²) in [5, 5.41) is 12.2. The third kappa shape index (κ3) is 2.48. The van der Waals surface area contributed by atoms with Crippen LogP contribution in [0.5, 0.6) is 0 Å². The van der Waals surface area contributed by atoms with E-state index in [2.05, 4.69) is 0 Å². The first-order valence-electron chi connectivity index (χ1n) is 9.30. The Morgan fingerprint density at radius 1 is 1.04 bits per heavy atom. The normalized spacial score (nSPS) is 42.3. The van der Waals surface area contributed by atoms with Gasteiger partial charge in [0.1, 0.15) is 18.3 Å². The van der Waals surface area contributed by atoms with Crippen LogP contribution in [0.3, 0.4) is 0 Å². The van der Waals surface area contributed by atoms with Gasteiger partial charge in [0, 0.05) is 7.05 Å². The summed E-state index contributed by atoms with van der Waals surface area (Å²) in [5.74, 6) is -2.43. The lowest BCUT2D eigenvalue weighted by Gasteiger charge is -2.31. The molecule has 4 aliphatic heterocycles. The number of fused-ring (bicyclic) bond motifs is 2. The van der Waals surface area contributed by atoms with Gasteiger partial charge in [-0.1, -0.05) is 18.2 Å². The first-order valence-corrected chi connectivity index (χ1v) is 9.30. The molecular weight excluding hydrogens is 368 g/mol. The number of likely N-dealkylation sites (N-methyl/N-ethyl adjacent to an activating group) is 1. The van der Waals surface area contributed by atoms with Crippen molar-refractivity contribution in [1.82, 2.24) is 5.06 Å². The molecule has 5 rings (SSSR count). The van der Waals surface area contributed by atoms with Gasteiger partial charge in [-0.25, -0.2) is 4.90 Å². The SMILES string of the molecule is CN1O[C@H]2C(=O)N(c3ccccc3)C(=O)[C@H]2[C@H]1[C@H]1O[C@@H]2OC(C)(C)O[C@@H]2[C@H]1O. The molecule has 4 saturated heterocycles. The molecule has 0 bridgehead atoms. The summed E-state index contributed by atoms with van der Waals surface area (Å²) in [7, 11) is 1.63. The zero-order valence-corrected chi connectivity index (χ0v) is 15.7. The zero-order chi connectivity index (χ0) is 19.8. The summed E-state index contributed by atoms with van der Waals surface area (Å²) in [5.41, 5.74) is 0.495. The highest BCUT2D eigenvalue weighted by Gasteiger charge is 2.65. The third-order valence-electron chi connectivity index (χ3n) is 5.77. The molecule has 1 aromatic rings.